The zero-order valence-corrected chi connectivity index (χ0v) is 8.05. The molecule has 0 spiro atoms. The fourth-order valence-corrected chi connectivity index (χ4v) is 0.572. The van der Waals surface area contributed by atoms with Gasteiger partial charge in [-0.3, -0.25) is 19.5 Å². The lowest BCUT2D eigenvalue weighted by Crippen LogP contribution is -2.51. The van der Waals surface area contributed by atoms with Crippen LogP contribution in [0, 0.1) is 0 Å². The minimum absolute atomic E-state index is 0.647. The summed E-state index contributed by atoms with van der Waals surface area (Å²) in [4.78, 5) is 25.2. The number of hydrogen-bond acceptors (Lipinski definition) is 6. The normalized spacial score (nSPS) is 10.3. The van der Waals surface area contributed by atoms with Gasteiger partial charge in [-0.05, 0) is 0 Å². The Hall–Kier alpha value is -0.930. The van der Waals surface area contributed by atoms with Crippen LogP contribution in [0.15, 0.2) is 0 Å². The summed E-state index contributed by atoms with van der Waals surface area (Å²) in [5.41, 5.74) is 0. The summed E-state index contributed by atoms with van der Waals surface area (Å²) >= 11 is 0. The number of hydroxylamine groups is 1. The monoisotopic (exact) mass is 194 g/mol. The van der Waals surface area contributed by atoms with Gasteiger partial charge in [0.1, 0.15) is 0 Å². The standard InChI is InChI=1S/C5H14N4O4/c1-7(6)5(10)8(11-2)9(12-3)13-4/h6H2,1-4H3. The molecule has 0 heterocycles. The Kier molecular flexibility index (Phi) is 5.26. The number of carbonyl (C=O) groups is 1. The minimum Gasteiger partial charge on any atom is -0.262 e. The number of nitrogens with two attached hydrogens (primary N) is 1. The van der Waals surface area contributed by atoms with Crippen molar-refractivity contribution in [1.29, 1.82) is 0 Å². The Morgan fingerprint density at radius 2 is 1.62 bits per heavy atom. The highest BCUT2D eigenvalue weighted by molar-refractivity contribution is 5.71. The van der Waals surface area contributed by atoms with Crippen molar-refractivity contribution in [2.45, 2.75) is 0 Å². The molecular weight excluding hydrogens is 180 g/mol. The highest BCUT2D eigenvalue weighted by Crippen LogP contribution is 2.01. The smallest absolute Gasteiger partial charge is 0.262 e. The number of carbonyl (C=O) groups excluding carboxylic acids is 1. The predicted molar refractivity (Wildman–Crippen MR) is 42.1 cm³/mol. The quantitative estimate of drug-likeness (QED) is 0.355. The highest BCUT2D eigenvalue weighted by Gasteiger charge is 2.24. The van der Waals surface area contributed by atoms with Gasteiger partial charge >= 0.3 is 6.03 Å². The molecule has 0 saturated heterocycles. The average Bonchev–Trinajstić information content (AvgIpc) is 2.12. The molecule has 0 fully saturated rings. The topological polar surface area (TPSA) is 80.5 Å². The molecule has 13 heavy (non-hydrogen) atoms. The number of nitrogens with zero attached hydrogens (tertiary/aromatic N) is 3. The van der Waals surface area contributed by atoms with Crippen LogP contribution < -0.4 is 5.84 Å². The van der Waals surface area contributed by atoms with Crippen molar-refractivity contribution in [3.63, 3.8) is 0 Å². The van der Waals surface area contributed by atoms with Crippen LogP contribution in [0.3, 0.4) is 0 Å². The van der Waals surface area contributed by atoms with Crippen molar-refractivity contribution >= 4 is 6.03 Å². The van der Waals surface area contributed by atoms with E-state index in [0.29, 0.717) is 5.17 Å². The molecule has 0 saturated carbocycles. The largest absolute Gasteiger partial charge is 0.377 e. The van der Waals surface area contributed by atoms with Crippen LogP contribution in [-0.2, 0) is 14.5 Å². The van der Waals surface area contributed by atoms with Crippen LogP contribution >= 0.6 is 0 Å². The Labute approximate surface area is 76.1 Å². The summed E-state index contributed by atoms with van der Waals surface area (Å²) in [6, 6.07) is -0.647. The number of amides is 2. The lowest BCUT2D eigenvalue weighted by molar-refractivity contribution is -0.493. The number of hydrogen-bond donors (Lipinski definition) is 1. The van der Waals surface area contributed by atoms with E-state index in [4.69, 9.17) is 5.84 Å². The fourth-order valence-electron chi connectivity index (χ4n) is 0.572. The second kappa shape index (κ2) is 5.67. The maximum Gasteiger partial charge on any atom is 0.377 e. The van der Waals surface area contributed by atoms with E-state index in [1.54, 1.807) is 0 Å². The molecule has 0 aliphatic rings. The third-order valence-electron chi connectivity index (χ3n) is 1.10. The molecule has 0 unspecified atom stereocenters. The first-order chi connectivity index (χ1) is 6.08. The zero-order valence-electron chi connectivity index (χ0n) is 8.05. The Morgan fingerprint density at radius 1 is 1.15 bits per heavy atom. The van der Waals surface area contributed by atoms with Gasteiger partial charge < -0.3 is 0 Å². The van der Waals surface area contributed by atoms with Crippen molar-refractivity contribution in [2.24, 2.45) is 5.84 Å². The maximum atomic E-state index is 11.2. The predicted octanol–water partition coefficient (Wildman–Crippen LogP) is -0.885. The van der Waals surface area contributed by atoms with Gasteiger partial charge in [-0.1, -0.05) is 5.17 Å². The molecule has 0 aromatic rings. The average molecular weight is 194 g/mol. The van der Waals surface area contributed by atoms with Crippen LogP contribution in [0.1, 0.15) is 0 Å². The first kappa shape index (κ1) is 12.1. The molecule has 0 aromatic heterocycles. The summed E-state index contributed by atoms with van der Waals surface area (Å²) in [6.07, 6.45) is 0. The Bertz CT molecular complexity index is 161. The van der Waals surface area contributed by atoms with Crippen molar-refractivity contribution < 1.29 is 19.3 Å². The van der Waals surface area contributed by atoms with Crippen molar-refractivity contribution in [2.75, 3.05) is 28.4 Å². The Morgan fingerprint density at radius 3 is 1.85 bits per heavy atom. The third kappa shape index (κ3) is 3.13. The van der Waals surface area contributed by atoms with Crippen LogP contribution in [0.25, 0.3) is 0 Å². The maximum absolute atomic E-state index is 11.2. The highest BCUT2D eigenvalue weighted by atomic mass is 17.0. The zero-order chi connectivity index (χ0) is 10.4. The summed E-state index contributed by atoms with van der Waals surface area (Å²) in [5.74, 6) is 5.18. The lowest BCUT2D eigenvalue weighted by atomic mass is 10.9. The fraction of sp³-hybridized carbons (Fsp3) is 0.800. The van der Waals surface area contributed by atoms with Gasteiger partial charge in [0.25, 0.3) is 0 Å². The summed E-state index contributed by atoms with van der Waals surface area (Å²) < 4.78 is 0. The summed E-state index contributed by atoms with van der Waals surface area (Å²) in [5, 5.41) is 2.24. The molecule has 0 radical (unpaired) electrons. The van der Waals surface area contributed by atoms with E-state index in [1.165, 1.54) is 28.4 Å². The van der Waals surface area contributed by atoms with Crippen molar-refractivity contribution in [3.8, 4) is 0 Å². The molecule has 0 aromatic carbocycles. The molecule has 0 aliphatic carbocycles. The molecule has 0 rings (SSSR count). The molecule has 0 bridgehead atoms. The number of urea groups is 1. The SMILES string of the molecule is CON(OC)N(OC)C(=O)N(C)N. The third-order valence-corrected chi connectivity index (χ3v) is 1.10. The Balaban J connectivity index is 4.38. The second-order valence-corrected chi connectivity index (χ2v) is 1.95. The van der Waals surface area contributed by atoms with E-state index in [0.717, 1.165) is 10.3 Å². The van der Waals surface area contributed by atoms with Gasteiger partial charge in [0.2, 0.25) is 0 Å². The van der Waals surface area contributed by atoms with E-state index >= 15 is 0 Å². The number of hydrazine groups is 2. The minimum atomic E-state index is -0.647. The molecule has 8 nitrogen and oxygen atoms in total. The number of rotatable bonds is 4. The molecule has 8 heteroatoms. The molecule has 0 atom stereocenters. The van der Waals surface area contributed by atoms with E-state index in [1.807, 2.05) is 0 Å². The first-order valence-electron chi connectivity index (χ1n) is 3.33. The van der Waals surface area contributed by atoms with Gasteiger partial charge in [-0.25, -0.2) is 10.6 Å². The van der Waals surface area contributed by atoms with Gasteiger partial charge in [0, 0.05) is 7.05 Å². The van der Waals surface area contributed by atoms with E-state index in [2.05, 4.69) is 14.5 Å². The van der Waals surface area contributed by atoms with E-state index in [9.17, 15) is 4.79 Å². The molecule has 0 aliphatic heterocycles. The molecular formula is C5H14N4O4. The van der Waals surface area contributed by atoms with Gasteiger partial charge in [0.15, 0.2) is 0 Å². The van der Waals surface area contributed by atoms with E-state index in [-0.39, 0.29) is 0 Å². The molecule has 2 N–H and O–H groups in total. The van der Waals surface area contributed by atoms with Crippen LogP contribution in [0.5, 0.6) is 0 Å². The van der Waals surface area contributed by atoms with Crippen molar-refractivity contribution in [1.82, 2.24) is 15.5 Å². The lowest BCUT2D eigenvalue weighted by Gasteiger charge is -2.28. The van der Waals surface area contributed by atoms with Crippen LogP contribution in [0.4, 0.5) is 4.79 Å². The molecule has 2 amide bonds. The van der Waals surface area contributed by atoms with E-state index < -0.39 is 6.03 Å². The second-order valence-electron chi connectivity index (χ2n) is 1.95. The van der Waals surface area contributed by atoms with Gasteiger partial charge in [-0.2, -0.15) is 0 Å². The van der Waals surface area contributed by atoms with Crippen LogP contribution in [0.2, 0.25) is 0 Å². The molecule has 78 valence electrons. The first-order valence-corrected chi connectivity index (χ1v) is 3.33. The van der Waals surface area contributed by atoms with Gasteiger partial charge in [-0.15, -0.1) is 0 Å². The van der Waals surface area contributed by atoms with Gasteiger partial charge in [0.05, 0.1) is 26.7 Å². The summed E-state index contributed by atoms with van der Waals surface area (Å²) in [7, 11) is 5.24. The summed E-state index contributed by atoms with van der Waals surface area (Å²) in [6.45, 7) is 0. The van der Waals surface area contributed by atoms with Crippen molar-refractivity contribution in [3.05, 3.63) is 0 Å². The van der Waals surface area contributed by atoms with Crippen LogP contribution in [-0.4, -0.2) is 49.9 Å².